The van der Waals surface area contributed by atoms with E-state index in [2.05, 4.69) is 22.3 Å². The molecule has 2 N–H and O–H groups in total. The van der Waals surface area contributed by atoms with Crippen LogP contribution in [0.4, 0.5) is 0 Å². The van der Waals surface area contributed by atoms with E-state index < -0.39 is 11.4 Å². The lowest BCUT2D eigenvalue weighted by Crippen LogP contribution is -2.53. The Morgan fingerprint density at radius 1 is 1.07 bits per heavy atom. The summed E-state index contributed by atoms with van der Waals surface area (Å²) in [5.41, 5.74) is 2.07. The van der Waals surface area contributed by atoms with Crippen LogP contribution in [0.15, 0.2) is 54.6 Å². The summed E-state index contributed by atoms with van der Waals surface area (Å²) in [6, 6.07) is 18.1. The van der Waals surface area contributed by atoms with Gasteiger partial charge >= 0.3 is 5.97 Å². The predicted molar refractivity (Wildman–Crippen MR) is 116 cm³/mol. The molecule has 1 saturated heterocycles. The lowest BCUT2D eigenvalue weighted by molar-refractivity contribution is -0.140. The van der Waals surface area contributed by atoms with Crippen molar-refractivity contribution in [2.45, 2.75) is 44.1 Å². The molecule has 2 aliphatic rings. The van der Waals surface area contributed by atoms with E-state index in [0.717, 1.165) is 49.2 Å². The van der Waals surface area contributed by atoms with Crippen LogP contribution in [0.3, 0.4) is 0 Å². The zero-order valence-electron chi connectivity index (χ0n) is 17.7. The van der Waals surface area contributed by atoms with Gasteiger partial charge in [-0.3, -0.25) is 9.59 Å². The molecule has 5 heteroatoms. The monoisotopic (exact) mass is 406 g/mol. The second kappa shape index (κ2) is 7.88. The zero-order chi connectivity index (χ0) is 21.4. The molecule has 0 radical (unpaired) electrons. The molecule has 1 amide bonds. The standard InChI is InChI=1S/C25H30N2O3/c1-18-7-6-10-21(15-18)25(23(29)30)16-22(25)17-27-13-11-24(12-14-27,26-19(2)28)20-8-4-3-5-9-20/h3-10,15,22H,11-14,16-17H2,1-2H3,(H,26,28)(H,29,30)/t22-,25+/m0/s1. The minimum absolute atomic E-state index is 0.0150. The molecule has 0 spiro atoms. The molecule has 2 aromatic carbocycles. The maximum atomic E-state index is 12.2. The smallest absolute Gasteiger partial charge is 0.314 e. The number of aryl methyl sites for hydroxylation is 1. The highest BCUT2D eigenvalue weighted by Crippen LogP contribution is 2.55. The summed E-state index contributed by atoms with van der Waals surface area (Å²) in [5, 5.41) is 13.2. The van der Waals surface area contributed by atoms with Crippen LogP contribution in [-0.2, 0) is 20.5 Å². The van der Waals surface area contributed by atoms with Crippen molar-refractivity contribution < 1.29 is 14.7 Å². The summed E-state index contributed by atoms with van der Waals surface area (Å²) in [6.45, 7) is 6.05. The number of rotatable bonds is 6. The van der Waals surface area contributed by atoms with E-state index in [0.29, 0.717) is 6.42 Å². The van der Waals surface area contributed by atoms with Crippen molar-refractivity contribution in [1.82, 2.24) is 10.2 Å². The highest BCUT2D eigenvalue weighted by Gasteiger charge is 2.61. The molecule has 0 unspecified atom stereocenters. The van der Waals surface area contributed by atoms with Gasteiger partial charge in [0.15, 0.2) is 0 Å². The van der Waals surface area contributed by atoms with Crippen LogP contribution < -0.4 is 5.32 Å². The first-order chi connectivity index (χ1) is 14.4. The molecule has 1 aliphatic carbocycles. The van der Waals surface area contributed by atoms with Gasteiger partial charge in [0.2, 0.25) is 5.91 Å². The lowest BCUT2D eigenvalue weighted by Gasteiger charge is -2.43. The van der Waals surface area contributed by atoms with Gasteiger partial charge < -0.3 is 15.3 Å². The Morgan fingerprint density at radius 2 is 1.73 bits per heavy atom. The maximum absolute atomic E-state index is 12.2. The maximum Gasteiger partial charge on any atom is 0.314 e. The molecular weight excluding hydrogens is 376 g/mol. The van der Waals surface area contributed by atoms with E-state index in [4.69, 9.17) is 0 Å². The number of carboxylic acid groups (broad SMARTS) is 1. The third-order valence-electron chi connectivity index (χ3n) is 6.95. The molecule has 2 fully saturated rings. The second-order valence-corrected chi connectivity index (χ2v) is 8.98. The van der Waals surface area contributed by atoms with Crippen LogP contribution >= 0.6 is 0 Å². The van der Waals surface area contributed by atoms with Gasteiger partial charge in [-0.15, -0.1) is 0 Å². The van der Waals surface area contributed by atoms with E-state index in [-0.39, 0.29) is 17.4 Å². The van der Waals surface area contributed by atoms with Crippen molar-refractivity contribution >= 4 is 11.9 Å². The van der Waals surface area contributed by atoms with Gasteiger partial charge in [-0.05, 0) is 43.2 Å². The van der Waals surface area contributed by atoms with Crippen molar-refractivity contribution in [3.8, 4) is 0 Å². The average Bonchev–Trinajstić information content (AvgIpc) is 3.45. The predicted octanol–water partition coefficient (Wildman–Crippen LogP) is 3.46. The fraction of sp³-hybridized carbons (Fsp3) is 0.440. The molecule has 2 atom stereocenters. The number of amides is 1. The largest absolute Gasteiger partial charge is 0.481 e. The molecule has 1 saturated carbocycles. The Bertz CT molecular complexity index is 934. The first-order valence-electron chi connectivity index (χ1n) is 10.7. The lowest BCUT2D eigenvalue weighted by atomic mass is 9.80. The second-order valence-electron chi connectivity index (χ2n) is 8.98. The number of nitrogens with zero attached hydrogens (tertiary/aromatic N) is 1. The van der Waals surface area contributed by atoms with Gasteiger partial charge in [-0.2, -0.15) is 0 Å². The van der Waals surface area contributed by atoms with Gasteiger partial charge in [0.05, 0.1) is 11.0 Å². The van der Waals surface area contributed by atoms with Gasteiger partial charge in [-0.1, -0.05) is 60.2 Å². The molecule has 5 nitrogen and oxygen atoms in total. The first-order valence-corrected chi connectivity index (χ1v) is 10.7. The average molecular weight is 407 g/mol. The van der Waals surface area contributed by atoms with Crippen molar-refractivity contribution in [3.63, 3.8) is 0 Å². The summed E-state index contributed by atoms with van der Waals surface area (Å²) >= 11 is 0. The first kappa shape index (κ1) is 20.6. The Balaban J connectivity index is 1.46. The third-order valence-corrected chi connectivity index (χ3v) is 6.95. The number of hydrogen-bond donors (Lipinski definition) is 2. The van der Waals surface area contributed by atoms with Crippen LogP contribution in [0.25, 0.3) is 0 Å². The summed E-state index contributed by atoms with van der Waals surface area (Å²) in [6.07, 6.45) is 2.35. The molecule has 2 aromatic rings. The summed E-state index contributed by atoms with van der Waals surface area (Å²) in [4.78, 5) is 26.5. The van der Waals surface area contributed by atoms with Crippen molar-refractivity contribution in [3.05, 3.63) is 71.3 Å². The summed E-state index contributed by atoms with van der Waals surface area (Å²) < 4.78 is 0. The van der Waals surface area contributed by atoms with E-state index in [1.807, 2.05) is 49.4 Å². The summed E-state index contributed by atoms with van der Waals surface area (Å²) in [7, 11) is 0. The molecule has 158 valence electrons. The normalized spacial score (nSPS) is 25.5. The van der Waals surface area contributed by atoms with Gasteiger partial charge in [-0.25, -0.2) is 0 Å². The number of piperidine rings is 1. The van der Waals surface area contributed by atoms with Crippen LogP contribution in [0.5, 0.6) is 0 Å². The highest BCUT2D eigenvalue weighted by molar-refractivity contribution is 5.86. The van der Waals surface area contributed by atoms with Crippen molar-refractivity contribution in [1.29, 1.82) is 0 Å². The molecule has 0 bridgehead atoms. The van der Waals surface area contributed by atoms with Gasteiger partial charge in [0.1, 0.15) is 0 Å². The fourth-order valence-corrected chi connectivity index (χ4v) is 5.22. The molecular formula is C25H30N2O3. The van der Waals surface area contributed by atoms with Gasteiger partial charge in [0, 0.05) is 26.6 Å². The van der Waals surface area contributed by atoms with Crippen LogP contribution in [-0.4, -0.2) is 41.5 Å². The Kier molecular flexibility index (Phi) is 5.41. The number of benzene rings is 2. The Labute approximate surface area is 178 Å². The van der Waals surface area contributed by atoms with Crippen LogP contribution in [0, 0.1) is 12.8 Å². The third kappa shape index (κ3) is 3.74. The van der Waals surface area contributed by atoms with Crippen LogP contribution in [0.1, 0.15) is 42.9 Å². The number of hydrogen-bond acceptors (Lipinski definition) is 3. The van der Waals surface area contributed by atoms with Crippen molar-refractivity contribution in [2.75, 3.05) is 19.6 Å². The Morgan fingerprint density at radius 3 is 2.33 bits per heavy atom. The zero-order valence-corrected chi connectivity index (χ0v) is 17.7. The topological polar surface area (TPSA) is 69.6 Å². The van der Waals surface area contributed by atoms with E-state index in [9.17, 15) is 14.7 Å². The SMILES string of the molecule is CC(=O)NC1(c2ccccc2)CCN(C[C@@H]2C[C@@]2(C(=O)O)c2cccc(C)c2)CC1. The minimum atomic E-state index is -0.752. The number of aliphatic carboxylic acids is 1. The van der Waals surface area contributed by atoms with E-state index >= 15 is 0 Å². The fourth-order valence-electron chi connectivity index (χ4n) is 5.22. The molecule has 4 rings (SSSR count). The molecule has 1 heterocycles. The van der Waals surface area contributed by atoms with Gasteiger partial charge in [0.25, 0.3) is 0 Å². The number of carbonyl (C=O) groups excluding carboxylic acids is 1. The number of nitrogens with one attached hydrogen (secondary N) is 1. The Hall–Kier alpha value is -2.66. The number of likely N-dealkylation sites (tertiary alicyclic amines) is 1. The van der Waals surface area contributed by atoms with Crippen LogP contribution in [0.2, 0.25) is 0 Å². The van der Waals surface area contributed by atoms with E-state index in [1.54, 1.807) is 6.92 Å². The quantitative estimate of drug-likeness (QED) is 0.771. The minimum Gasteiger partial charge on any atom is -0.481 e. The number of carbonyl (C=O) groups is 2. The number of carboxylic acids is 1. The summed E-state index contributed by atoms with van der Waals surface area (Å²) in [5.74, 6) is -0.604. The van der Waals surface area contributed by atoms with E-state index in [1.165, 1.54) is 0 Å². The van der Waals surface area contributed by atoms with Crippen molar-refractivity contribution in [2.24, 2.45) is 5.92 Å². The molecule has 0 aromatic heterocycles. The highest BCUT2D eigenvalue weighted by atomic mass is 16.4. The molecule has 30 heavy (non-hydrogen) atoms. The molecule has 1 aliphatic heterocycles.